The van der Waals surface area contributed by atoms with Crippen LogP contribution >= 0.6 is 0 Å². The molecule has 17 heavy (non-hydrogen) atoms. The van der Waals surface area contributed by atoms with Gasteiger partial charge in [0.15, 0.2) is 5.82 Å². The van der Waals surface area contributed by atoms with E-state index >= 15 is 0 Å². The average Bonchev–Trinajstić information content (AvgIpc) is 2.60. The molecular weight excluding hydrogens is 212 g/mol. The van der Waals surface area contributed by atoms with Crippen molar-refractivity contribution in [2.75, 3.05) is 0 Å². The van der Waals surface area contributed by atoms with E-state index < -0.39 is 0 Å². The first-order valence-electron chi connectivity index (χ1n) is 5.73. The average molecular weight is 230 g/mol. The summed E-state index contributed by atoms with van der Waals surface area (Å²) in [6.45, 7) is 8.36. The topological polar surface area (TPSA) is 43.6 Å². The van der Waals surface area contributed by atoms with Gasteiger partial charge >= 0.3 is 0 Å². The Morgan fingerprint density at radius 3 is 2.35 bits per heavy atom. The molecule has 0 amide bonds. The minimum Gasteiger partial charge on any atom is -0.252 e. The van der Waals surface area contributed by atoms with E-state index in [4.69, 9.17) is 0 Å². The summed E-state index contributed by atoms with van der Waals surface area (Å²) in [4.78, 5) is 9.02. The lowest BCUT2D eigenvalue weighted by Gasteiger charge is -2.15. The number of nitrogens with zero attached hydrogens (tertiary/aromatic N) is 4. The minimum absolute atomic E-state index is 0.0101. The molecule has 0 unspecified atom stereocenters. The van der Waals surface area contributed by atoms with Crippen molar-refractivity contribution in [1.29, 1.82) is 0 Å². The summed E-state index contributed by atoms with van der Waals surface area (Å²) in [7, 11) is 1.92. The van der Waals surface area contributed by atoms with Gasteiger partial charge in [0.2, 0.25) is 0 Å². The van der Waals surface area contributed by atoms with Crippen LogP contribution in [0.3, 0.4) is 0 Å². The van der Waals surface area contributed by atoms with Crippen molar-refractivity contribution in [3.8, 4) is 11.5 Å². The van der Waals surface area contributed by atoms with E-state index in [-0.39, 0.29) is 5.41 Å². The summed E-state index contributed by atoms with van der Waals surface area (Å²) in [6, 6.07) is 5.89. The standard InChI is InChI=1S/C13H18N4/c1-9-7-6-8-10(14-9)11-15-12(13(2,3)4)17(5)16-11/h6-8H,1-5H3. The summed E-state index contributed by atoms with van der Waals surface area (Å²) in [6.07, 6.45) is 0. The molecule has 0 aliphatic heterocycles. The van der Waals surface area contributed by atoms with Gasteiger partial charge in [0.05, 0.1) is 0 Å². The quantitative estimate of drug-likeness (QED) is 0.756. The van der Waals surface area contributed by atoms with E-state index in [0.29, 0.717) is 5.82 Å². The van der Waals surface area contributed by atoms with E-state index in [0.717, 1.165) is 17.2 Å². The first kappa shape index (κ1) is 11.8. The van der Waals surface area contributed by atoms with Gasteiger partial charge < -0.3 is 0 Å². The highest BCUT2D eigenvalue weighted by molar-refractivity contribution is 5.48. The van der Waals surface area contributed by atoms with Crippen molar-refractivity contribution in [3.05, 3.63) is 29.7 Å². The molecule has 0 N–H and O–H groups in total. The molecule has 0 bridgehead atoms. The van der Waals surface area contributed by atoms with Gasteiger partial charge in [-0.05, 0) is 19.1 Å². The fourth-order valence-electron chi connectivity index (χ4n) is 1.81. The molecule has 4 heteroatoms. The zero-order valence-corrected chi connectivity index (χ0v) is 11.0. The maximum Gasteiger partial charge on any atom is 0.200 e. The second kappa shape index (κ2) is 3.95. The normalized spacial score (nSPS) is 11.8. The molecule has 2 aromatic rings. The molecule has 0 atom stereocenters. The van der Waals surface area contributed by atoms with Gasteiger partial charge in [-0.1, -0.05) is 26.8 Å². The Morgan fingerprint density at radius 1 is 1.12 bits per heavy atom. The van der Waals surface area contributed by atoms with Crippen LogP contribution < -0.4 is 0 Å². The highest BCUT2D eigenvalue weighted by Gasteiger charge is 2.22. The number of pyridine rings is 1. The van der Waals surface area contributed by atoms with Crippen LogP contribution in [0.25, 0.3) is 11.5 Å². The van der Waals surface area contributed by atoms with Gasteiger partial charge in [0.25, 0.3) is 0 Å². The van der Waals surface area contributed by atoms with Crippen LogP contribution in [0.4, 0.5) is 0 Å². The van der Waals surface area contributed by atoms with Crippen LogP contribution in [0.1, 0.15) is 32.3 Å². The highest BCUT2D eigenvalue weighted by Crippen LogP contribution is 2.22. The molecule has 0 aliphatic carbocycles. The van der Waals surface area contributed by atoms with Crippen molar-refractivity contribution in [2.24, 2.45) is 7.05 Å². The first-order valence-corrected chi connectivity index (χ1v) is 5.73. The second-order valence-corrected chi connectivity index (χ2v) is 5.30. The Kier molecular flexibility index (Phi) is 2.73. The van der Waals surface area contributed by atoms with E-state index in [1.54, 1.807) is 0 Å². The van der Waals surface area contributed by atoms with Crippen molar-refractivity contribution < 1.29 is 0 Å². The maximum absolute atomic E-state index is 4.58. The Balaban J connectivity index is 2.49. The summed E-state index contributed by atoms with van der Waals surface area (Å²) in [5, 5.41) is 4.43. The number of aryl methyl sites for hydroxylation is 2. The number of hydrogen-bond donors (Lipinski definition) is 0. The minimum atomic E-state index is -0.0101. The van der Waals surface area contributed by atoms with Crippen LogP contribution in [0, 0.1) is 6.92 Å². The maximum atomic E-state index is 4.58. The van der Waals surface area contributed by atoms with Gasteiger partial charge in [0, 0.05) is 18.2 Å². The Hall–Kier alpha value is -1.71. The second-order valence-electron chi connectivity index (χ2n) is 5.30. The third-order valence-electron chi connectivity index (χ3n) is 2.55. The largest absolute Gasteiger partial charge is 0.252 e. The molecule has 90 valence electrons. The van der Waals surface area contributed by atoms with Crippen LogP contribution in [0.15, 0.2) is 18.2 Å². The Labute approximate surface area is 102 Å². The lowest BCUT2D eigenvalue weighted by atomic mass is 9.96. The lowest BCUT2D eigenvalue weighted by molar-refractivity contribution is 0.506. The predicted octanol–water partition coefficient (Wildman–Crippen LogP) is 2.48. The zero-order valence-electron chi connectivity index (χ0n) is 11.0. The molecule has 0 spiro atoms. The van der Waals surface area contributed by atoms with Crippen LogP contribution in [-0.2, 0) is 12.5 Å². The van der Waals surface area contributed by atoms with Crippen molar-refractivity contribution in [1.82, 2.24) is 19.7 Å². The SMILES string of the molecule is Cc1cccc(-c2nc(C(C)(C)C)n(C)n2)n1. The van der Waals surface area contributed by atoms with Crippen molar-refractivity contribution >= 4 is 0 Å². The third kappa shape index (κ3) is 2.35. The predicted molar refractivity (Wildman–Crippen MR) is 67.7 cm³/mol. The molecule has 0 aromatic carbocycles. The summed E-state index contributed by atoms with van der Waals surface area (Å²) >= 11 is 0. The number of aromatic nitrogens is 4. The summed E-state index contributed by atoms with van der Waals surface area (Å²) in [5.74, 6) is 1.66. The number of rotatable bonds is 1. The molecule has 2 rings (SSSR count). The highest BCUT2D eigenvalue weighted by atomic mass is 15.3. The van der Waals surface area contributed by atoms with Gasteiger partial charge in [-0.2, -0.15) is 0 Å². The fraction of sp³-hybridized carbons (Fsp3) is 0.462. The molecule has 0 aliphatic rings. The Bertz CT molecular complexity index is 535. The third-order valence-corrected chi connectivity index (χ3v) is 2.55. The summed E-state index contributed by atoms with van der Waals surface area (Å²) in [5.41, 5.74) is 1.80. The van der Waals surface area contributed by atoms with Crippen molar-refractivity contribution in [2.45, 2.75) is 33.1 Å². The molecule has 0 radical (unpaired) electrons. The van der Waals surface area contributed by atoms with E-state index in [2.05, 4.69) is 35.8 Å². The number of hydrogen-bond acceptors (Lipinski definition) is 3. The molecular formula is C13H18N4. The monoisotopic (exact) mass is 230 g/mol. The zero-order chi connectivity index (χ0) is 12.6. The van der Waals surface area contributed by atoms with Crippen LogP contribution in [-0.4, -0.2) is 19.7 Å². The molecule has 0 fully saturated rings. The molecule has 0 saturated carbocycles. The Morgan fingerprint density at radius 2 is 1.82 bits per heavy atom. The van der Waals surface area contributed by atoms with Crippen LogP contribution in [0.2, 0.25) is 0 Å². The van der Waals surface area contributed by atoms with Gasteiger partial charge in [-0.15, -0.1) is 5.10 Å². The van der Waals surface area contributed by atoms with E-state index in [9.17, 15) is 0 Å². The van der Waals surface area contributed by atoms with E-state index in [1.807, 2.05) is 36.9 Å². The van der Waals surface area contributed by atoms with E-state index in [1.165, 1.54) is 0 Å². The van der Waals surface area contributed by atoms with Gasteiger partial charge in [-0.25, -0.2) is 9.97 Å². The first-order chi connectivity index (χ1) is 7.88. The van der Waals surface area contributed by atoms with Gasteiger partial charge in [0.1, 0.15) is 11.5 Å². The molecule has 4 nitrogen and oxygen atoms in total. The van der Waals surface area contributed by atoms with Gasteiger partial charge in [-0.3, -0.25) is 4.68 Å². The molecule has 0 saturated heterocycles. The van der Waals surface area contributed by atoms with Crippen molar-refractivity contribution in [3.63, 3.8) is 0 Å². The van der Waals surface area contributed by atoms with Crippen LogP contribution in [0.5, 0.6) is 0 Å². The molecule has 2 aromatic heterocycles. The lowest BCUT2D eigenvalue weighted by Crippen LogP contribution is -2.17. The fourth-order valence-corrected chi connectivity index (χ4v) is 1.81. The molecule has 2 heterocycles. The smallest absolute Gasteiger partial charge is 0.200 e. The summed E-state index contributed by atoms with van der Waals surface area (Å²) < 4.78 is 1.83.